The monoisotopic (exact) mass is 551 g/mol. The molecule has 0 bridgehead atoms. The molecule has 5 nitrogen and oxygen atoms in total. The minimum Gasteiger partial charge on any atom is -0.431 e. The van der Waals surface area contributed by atoms with Gasteiger partial charge in [0.25, 0.3) is 5.22 Å². The summed E-state index contributed by atoms with van der Waals surface area (Å²) in [7, 11) is 0. The lowest BCUT2D eigenvalue weighted by Crippen LogP contribution is -2.37. The third-order valence-corrected chi connectivity index (χ3v) is 8.16. The molecule has 0 saturated carbocycles. The van der Waals surface area contributed by atoms with Crippen LogP contribution in [-0.4, -0.2) is 34.8 Å². The zero-order chi connectivity index (χ0) is 28.0. The normalized spacial score (nSPS) is 11.6. The maximum Gasteiger partial charge on any atom is 0.321 e. The first kappa shape index (κ1) is 31.1. The summed E-state index contributed by atoms with van der Waals surface area (Å²) < 4.78 is 5.81. The van der Waals surface area contributed by atoms with Crippen LogP contribution in [-0.2, 0) is 0 Å². The maximum absolute atomic E-state index is 13.6. The van der Waals surface area contributed by atoms with Crippen molar-refractivity contribution in [3.05, 3.63) is 53.6 Å². The smallest absolute Gasteiger partial charge is 0.321 e. The summed E-state index contributed by atoms with van der Waals surface area (Å²) in [6, 6.07) is 14.4. The second kappa shape index (κ2) is 16.6. The van der Waals surface area contributed by atoms with E-state index in [2.05, 4.69) is 68.0 Å². The van der Waals surface area contributed by atoms with Crippen molar-refractivity contribution in [1.29, 1.82) is 0 Å². The molecule has 2 amide bonds. The minimum absolute atomic E-state index is 0.0482. The van der Waals surface area contributed by atoms with Crippen LogP contribution in [0.1, 0.15) is 115 Å². The average Bonchev–Trinajstić information content (AvgIpc) is 3.34. The molecule has 0 radical (unpaired) electrons. The Morgan fingerprint density at radius 2 is 1.46 bits per heavy atom. The number of carbonyl (C=O) groups excluding carboxylic acids is 1. The molecule has 39 heavy (non-hydrogen) atoms. The van der Waals surface area contributed by atoms with Gasteiger partial charge in [-0.25, -0.2) is 9.78 Å². The Bertz CT molecular complexity index is 1080. The lowest BCUT2D eigenvalue weighted by Gasteiger charge is -2.26. The molecule has 3 rings (SSSR count). The Kier molecular flexibility index (Phi) is 13.2. The summed E-state index contributed by atoms with van der Waals surface area (Å²) in [6.45, 7) is 12.7. The first-order chi connectivity index (χ1) is 18.9. The van der Waals surface area contributed by atoms with Gasteiger partial charge in [0.1, 0.15) is 5.52 Å². The summed E-state index contributed by atoms with van der Waals surface area (Å²) in [6.07, 6.45) is 10.4. The Morgan fingerprint density at radius 1 is 0.846 bits per heavy atom. The third-order valence-electron chi connectivity index (χ3n) is 7.25. The topological polar surface area (TPSA) is 58.4 Å². The first-order valence-electron chi connectivity index (χ1n) is 15.1. The largest absolute Gasteiger partial charge is 0.431 e. The van der Waals surface area contributed by atoms with Crippen LogP contribution in [0.3, 0.4) is 0 Å². The predicted molar refractivity (Wildman–Crippen MR) is 167 cm³/mol. The number of hydrogen-bond donors (Lipinski definition) is 1. The highest BCUT2D eigenvalue weighted by molar-refractivity contribution is 7.99. The van der Waals surface area contributed by atoms with E-state index in [-0.39, 0.29) is 6.03 Å². The number of nitrogens with one attached hydrogen (secondary N) is 1. The van der Waals surface area contributed by atoms with Crippen molar-refractivity contribution in [3.8, 4) is 0 Å². The number of oxazole rings is 1. The number of aromatic nitrogens is 1. The van der Waals surface area contributed by atoms with Crippen LogP contribution in [0.5, 0.6) is 0 Å². The highest BCUT2D eigenvalue weighted by Gasteiger charge is 2.19. The summed E-state index contributed by atoms with van der Waals surface area (Å²) in [5.41, 5.74) is 5.22. The van der Waals surface area contributed by atoms with Crippen molar-refractivity contribution in [2.45, 2.75) is 109 Å². The molecule has 2 aromatic carbocycles. The van der Waals surface area contributed by atoms with E-state index in [1.165, 1.54) is 36.8 Å². The van der Waals surface area contributed by atoms with Gasteiger partial charge in [-0.05, 0) is 54.4 Å². The molecular formula is C33H49N3O2S. The number of hydrogen-bond acceptors (Lipinski definition) is 4. The van der Waals surface area contributed by atoms with Gasteiger partial charge in [0.05, 0.1) is 0 Å². The first-order valence-corrected chi connectivity index (χ1v) is 16.1. The van der Waals surface area contributed by atoms with E-state index in [4.69, 9.17) is 4.42 Å². The van der Waals surface area contributed by atoms with Gasteiger partial charge in [-0.3, -0.25) is 0 Å². The minimum atomic E-state index is 0.0482. The van der Waals surface area contributed by atoms with Gasteiger partial charge in [0.15, 0.2) is 5.58 Å². The van der Waals surface area contributed by atoms with E-state index >= 15 is 0 Å². The molecule has 1 heterocycles. The molecular weight excluding hydrogens is 502 g/mol. The summed E-state index contributed by atoms with van der Waals surface area (Å²) in [4.78, 5) is 20.2. The van der Waals surface area contributed by atoms with Gasteiger partial charge < -0.3 is 14.6 Å². The SMILES string of the molecule is CCCCCCCN(CCCCCCSc1nc2ccccc2o1)C(=O)Nc1c(C(C)C)cccc1C(C)C. The summed E-state index contributed by atoms with van der Waals surface area (Å²) in [5, 5.41) is 4.10. The number of unbranched alkanes of at least 4 members (excludes halogenated alkanes) is 7. The quantitative estimate of drug-likeness (QED) is 0.134. The zero-order valence-corrected chi connectivity index (χ0v) is 25.6. The molecule has 0 fully saturated rings. The molecule has 3 aromatic rings. The van der Waals surface area contributed by atoms with Gasteiger partial charge in [-0.2, -0.15) is 0 Å². The number of urea groups is 1. The van der Waals surface area contributed by atoms with Crippen molar-refractivity contribution in [2.24, 2.45) is 0 Å². The fourth-order valence-electron chi connectivity index (χ4n) is 4.93. The van der Waals surface area contributed by atoms with Crippen molar-refractivity contribution in [3.63, 3.8) is 0 Å². The van der Waals surface area contributed by atoms with Crippen LogP contribution in [0.4, 0.5) is 10.5 Å². The van der Waals surface area contributed by atoms with Crippen LogP contribution < -0.4 is 5.32 Å². The Hall–Kier alpha value is -2.47. The Morgan fingerprint density at radius 3 is 2.08 bits per heavy atom. The fourth-order valence-corrected chi connectivity index (χ4v) is 5.77. The number of carbonyl (C=O) groups is 1. The zero-order valence-electron chi connectivity index (χ0n) is 24.8. The Balaban J connectivity index is 1.50. The number of benzene rings is 2. The van der Waals surface area contributed by atoms with E-state index in [9.17, 15) is 4.79 Å². The van der Waals surface area contributed by atoms with Crippen molar-refractivity contribution in [2.75, 3.05) is 24.2 Å². The van der Waals surface area contributed by atoms with Crippen molar-refractivity contribution in [1.82, 2.24) is 9.88 Å². The lowest BCUT2D eigenvalue weighted by atomic mass is 9.93. The molecule has 1 N–H and O–H groups in total. The number of thioether (sulfide) groups is 1. The average molecular weight is 552 g/mol. The molecule has 1 aromatic heterocycles. The molecule has 0 unspecified atom stereocenters. The number of rotatable bonds is 17. The molecule has 0 atom stereocenters. The molecule has 0 aliphatic heterocycles. The number of para-hydroxylation sites is 3. The van der Waals surface area contributed by atoms with Crippen molar-refractivity contribution >= 4 is 34.6 Å². The Labute approximate surface area is 240 Å². The second-order valence-corrected chi connectivity index (χ2v) is 12.2. The standard InChI is InChI=1S/C33H49N3O2S/c1-6-7-8-9-14-22-36(32(37)35-31-27(25(2)3)18-17-19-28(31)26(4)5)23-15-10-11-16-24-39-33-34-29-20-12-13-21-30(29)38-33/h12-13,17-21,25-26H,6-11,14-16,22-24H2,1-5H3,(H,35,37). The van der Waals surface area contributed by atoms with E-state index in [1.807, 2.05) is 24.3 Å². The molecule has 0 spiro atoms. The molecule has 214 valence electrons. The van der Waals surface area contributed by atoms with Crippen LogP contribution in [0.15, 0.2) is 52.1 Å². The van der Waals surface area contributed by atoms with E-state index in [0.29, 0.717) is 11.8 Å². The molecule has 0 aliphatic carbocycles. The van der Waals surface area contributed by atoms with Crippen LogP contribution in [0, 0.1) is 0 Å². The lowest BCUT2D eigenvalue weighted by molar-refractivity contribution is 0.209. The summed E-state index contributed by atoms with van der Waals surface area (Å²) >= 11 is 1.69. The van der Waals surface area contributed by atoms with Crippen LogP contribution in [0.25, 0.3) is 11.1 Å². The fraction of sp³-hybridized carbons (Fsp3) is 0.576. The van der Waals surface area contributed by atoms with Gasteiger partial charge in [-0.15, -0.1) is 0 Å². The number of fused-ring (bicyclic) bond motifs is 1. The second-order valence-electron chi connectivity index (χ2n) is 11.2. The predicted octanol–water partition coefficient (Wildman–Crippen LogP) is 10.2. The van der Waals surface area contributed by atoms with Gasteiger partial charge in [-0.1, -0.05) is 115 Å². The van der Waals surface area contributed by atoms with E-state index in [1.54, 1.807) is 11.8 Å². The summed E-state index contributed by atoms with van der Waals surface area (Å²) in [5.74, 6) is 1.71. The van der Waals surface area contributed by atoms with E-state index in [0.717, 1.165) is 73.0 Å². The number of nitrogens with zero attached hydrogens (tertiary/aromatic N) is 2. The van der Waals surface area contributed by atoms with E-state index < -0.39 is 0 Å². The van der Waals surface area contributed by atoms with Crippen molar-refractivity contribution < 1.29 is 9.21 Å². The molecule has 6 heteroatoms. The van der Waals surface area contributed by atoms with Gasteiger partial charge >= 0.3 is 6.03 Å². The van der Waals surface area contributed by atoms with Gasteiger partial charge in [0.2, 0.25) is 0 Å². The maximum atomic E-state index is 13.6. The molecule has 0 aliphatic rings. The number of anilines is 1. The highest BCUT2D eigenvalue weighted by Crippen LogP contribution is 2.32. The number of amides is 2. The highest BCUT2D eigenvalue weighted by atomic mass is 32.2. The third kappa shape index (κ3) is 9.90. The van der Waals surface area contributed by atoms with Crippen LogP contribution >= 0.6 is 11.8 Å². The molecule has 0 saturated heterocycles. The van der Waals surface area contributed by atoms with Gasteiger partial charge in [0, 0.05) is 24.5 Å². The van der Waals surface area contributed by atoms with Crippen LogP contribution in [0.2, 0.25) is 0 Å².